The Labute approximate surface area is 95.3 Å². The smallest absolute Gasteiger partial charge is 0.130 e. The summed E-state index contributed by atoms with van der Waals surface area (Å²) in [5, 5.41) is 3.27. The van der Waals surface area contributed by atoms with Crippen LogP contribution in [0.15, 0.2) is 42.5 Å². The molecule has 0 radical (unpaired) electrons. The van der Waals surface area contributed by atoms with Crippen molar-refractivity contribution in [3.63, 3.8) is 0 Å². The van der Waals surface area contributed by atoms with Crippen molar-refractivity contribution in [1.82, 2.24) is 4.98 Å². The molecule has 3 heteroatoms. The SMILES string of the molecule is Cc1cccc(Nc2ccccc2CN)n1. The van der Waals surface area contributed by atoms with Gasteiger partial charge in [-0.15, -0.1) is 0 Å². The van der Waals surface area contributed by atoms with Crippen molar-refractivity contribution in [2.24, 2.45) is 5.73 Å². The van der Waals surface area contributed by atoms with E-state index in [0.29, 0.717) is 6.54 Å². The molecule has 1 aromatic carbocycles. The summed E-state index contributed by atoms with van der Waals surface area (Å²) >= 11 is 0. The van der Waals surface area contributed by atoms with E-state index in [1.165, 1.54) is 0 Å². The van der Waals surface area contributed by atoms with E-state index in [4.69, 9.17) is 5.73 Å². The summed E-state index contributed by atoms with van der Waals surface area (Å²) in [5.74, 6) is 0.848. The molecule has 0 spiro atoms. The van der Waals surface area contributed by atoms with Gasteiger partial charge < -0.3 is 11.1 Å². The van der Waals surface area contributed by atoms with Gasteiger partial charge in [-0.1, -0.05) is 24.3 Å². The van der Waals surface area contributed by atoms with Crippen LogP contribution in [0.4, 0.5) is 11.5 Å². The summed E-state index contributed by atoms with van der Waals surface area (Å²) in [7, 11) is 0. The number of benzene rings is 1. The van der Waals surface area contributed by atoms with Gasteiger partial charge in [0, 0.05) is 17.9 Å². The molecular formula is C13H15N3. The maximum atomic E-state index is 5.67. The van der Waals surface area contributed by atoms with Gasteiger partial charge in [-0.2, -0.15) is 0 Å². The first-order chi connectivity index (χ1) is 7.79. The Kier molecular flexibility index (Phi) is 3.17. The average Bonchev–Trinajstić information content (AvgIpc) is 2.30. The Morgan fingerprint density at radius 1 is 1.12 bits per heavy atom. The van der Waals surface area contributed by atoms with Crippen LogP contribution in [-0.4, -0.2) is 4.98 Å². The van der Waals surface area contributed by atoms with E-state index in [9.17, 15) is 0 Å². The highest BCUT2D eigenvalue weighted by Crippen LogP contribution is 2.18. The molecule has 0 atom stereocenters. The number of rotatable bonds is 3. The van der Waals surface area contributed by atoms with Gasteiger partial charge in [0.25, 0.3) is 0 Å². The lowest BCUT2D eigenvalue weighted by Gasteiger charge is -2.10. The van der Waals surface area contributed by atoms with Crippen LogP contribution in [0, 0.1) is 6.92 Å². The molecule has 3 N–H and O–H groups in total. The standard InChI is InChI=1S/C13H15N3/c1-10-5-4-8-13(15-10)16-12-7-3-2-6-11(12)9-14/h2-8H,9,14H2,1H3,(H,15,16). The lowest BCUT2D eigenvalue weighted by Crippen LogP contribution is -2.02. The minimum absolute atomic E-state index is 0.523. The maximum Gasteiger partial charge on any atom is 0.130 e. The Morgan fingerprint density at radius 2 is 1.94 bits per heavy atom. The summed E-state index contributed by atoms with van der Waals surface area (Å²) in [5.41, 5.74) is 8.77. The number of para-hydroxylation sites is 1. The molecule has 0 unspecified atom stereocenters. The summed E-state index contributed by atoms with van der Waals surface area (Å²) in [4.78, 5) is 4.39. The molecule has 2 aromatic rings. The van der Waals surface area contributed by atoms with Crippen molar-refractivity contribution in [1.29, 1.82) is 0 Å². The second kappa shape index (κ2) is 4.77. The fraction of sp³-hybridized carbons (Fsp3) is 0.154. The molecule has 3 nitrogen and oxygen atoms in total. The van der Waals surface area contributed by atoms with Crippen LogP contribution in [0.25, 0.3) is 0 Å². The van der Waals surface area contributed by atoms with E-state index in [0.717, 1.165) is 22.8 Å². The quantitative estimate of drug-likeness (QED) is 0.824. The number of anilines is 2. The van der Waals surface area contributed by atoms with Gasteiger partial charge in [-0.3, -0.25) is 0 Å². The summed E-state index contributed by atoms with van der Waals surface area (Å²) in [6.45, 7) is 2.50. The van der Waals surface area contributed by atoms with Crippen LogP contribution in [0.3, 0.4) is 0 Å². The number of nitrogens with two attached hydrogens (primary N) is 1. The highest BCUT2D eigenvalue weighted by molar-refractivity contribution is 5.60. The monoisotopic (exact) mass is 213 g/mol. The summed E-state index contributed by atoms with van der Waals surface area (Å²) in [6.07, 6.45) is 0. The van der Waals surface area contributed by atoms with Crippen LogP contribution in [-0.2, 0) is 6.54 Å². The highest BCUT2D eigenvalue weighted by atomic mass is 15.0. The molecular weight excluding hydrogens is 198 g/mol. The van der Waals surface area contributed by atoms with Gasteiger partial charge in [-0.05, 0) is 30.7 Å². The zero-order valence-corrected chi connectivity index (χ0v) is 9.27. The van der Waals surface area contributed by atoms with Crippen LogP contribution >= 0.6 is 0 Å². The molecule has 0 aliphatic carbocycles. The van der Waals surface area contributed by atoms with Crippen molar-refractivity contribution in [2.45, 2.75) is 13.5 Å². The number of nitrogens with one attached hydrogen (secondary N) is 1. The van der Waals surface area contributed by atoms with Gasteiger partial charge in [0.15, 0.2) is 0 Å². The second-order valence-corrected chi connectivity index (χ2v) is 3.65. The fourth-order valence-electron chi connectivity index (χ4n) is 1.57. The van der Waals surface area contributed by atoms with Gasteiger partial charge >= 0.3 is 0 Å². The number of hydrogen-bond donors (Lipinski definition) is 2. The molecule has 1 aromatic heterocycles. The van der Waals surface area contributed by atoms with Crippen molar-refractivity contribution in [3.05, 3.63) is 53.7 Å². The number of pyridine rings is 1. The number of hydrogen-bond acceptors (Lipinski definition) is 3. The lowest BCUT2D eigenvalue weighted by atomic mass is 10.2. The third-order valence-corrected chi connectivity index (χ3v) is 2.39. The molecule has 0 saturated heterocycles. The van der Waals surface area contributed by atoms with Crippen LogP contribution in [0.5, 0.6) is 0 Å². The first-order valence-electron chi connectivity index (χ1n) is 5.28. The van der Waals surface area contributed by atoms with E-state index >= 15 is 0 Å². The zero-order chi connectivity index (χ0) is 11.4. The lowest BCUT2D eigenvalue weighted by molar-refractivity contribution is 1.07. The predicted molar refractivity (Wildman–Crippen MR) is 66.6 cm³/mol. The predicted octanol–water partition coefficient (Wildman–Crippen LogP) is 2.59. The van der Waals surface area contributed by atoms with Gasteiger partial charge in [-0.25, -0.2) is 4.98 Å². The summed E-state index contributed by atoms with van der Waals surface area (Å²) < 4.78 is 0. The van der Waals surface area contributed by atoms with E-state index in [1.807, 2.05) is 49.4 Å². The molecule has 0 bridgehead atoms. The maximum absolute atomic E-state index is 5.67. The number of aromatic nitrogens is 1. The Hall–Kier alpha value is -1.87. The highest BCUT2D eigenvalue weighted by Gasteiger charge is 2.00. The molecule has 2 rings (SSSR count). The van der Waals surface area contributed by atoms with Crippen molar-refractivity contribution >= 4 is 11.5 Å². The molecule has 0 amide bonds. The second-order valence-electron chi connectivity index (χ2n) is 3.65. The molecule has 82 valence electrons. The first-order valence-corrected chi connectivity index (χ1v) is 5.28. The third-order valence-electron chi connectivity index (χ3n) is 2.39. The molecule has 0 fully saturated rings. The zero-order valence-electron chi connectivity index (χ0n) is 9.27. The van der Waals surface area contributed by atoms with Crippen LogP contribution < -0.4 is 11.1 Å². The Bertz CT molecular complexity index is 480. The molecule has 1 heterocycles. The van der Waals surface area contributed by atoms with Crippen LogP contribution in [0.2, 0.25) is 0 Å². The Balaban J connectivity index is 2.26. The summed E-state index contributed by atoms with van der Waals surface area (Å²) in [6, 6.07) is 13.9. The topological polar surface area (TPSA) is 50.9 Å². The van der Waals surface area contributed by atoms with Crippen LogP contribution in [0.1, 0.15) is 11.3 Å². The largest absolute Gasteiger partial charge is 0.340 e. The fourth-order valence-corrected chi connectivity index (χ4v) is 1.57. The molecule has 0 saturated carbocycles. The van der Waals surface area contributed by atoms with E-state index in [1.54, 1.807) is 0 Å². The van der Waals surface area contributed by atoms with Gasteiger partial charge in [0.2, 0.25) is 0 Å². The van der Waals surface area contributed by atoms with Crippen molar-refractivity contribution in [3.8, 4) is 0 Å². The minimum atomic E-state index is 0.523. The van der Waals surface area contributed by atoms with Gasteiger partial charge in [0.1, 0.15) is 5.82 Å². The first kappa shape index (κ1) is 10.6. The molecule has 16 heavy (non-hydrogen) atoms. The van der Waals surface area contributed by atoms with Gasteiger partial charge in [0.05, 0.1) is 0 Å². The minimum Gasteiger partial charge on any atom is -0.340 e. The van der Waals surface area contributed by atoms with E-state index < -0.39 is 0 Å². The molecule has 0 aliphatic rings. The number of aryl methyl sites for hydroxylation is 1. The van der Waals surface area contributed by atoms with Crippen molar-refractivity contribution in [2.75, 3.05) is 5.32 Å². The van der Waals surface area contributed by atoms with Crippen molar-refractivity contribution < 1.29 is 0 Å². The van der Waals surface area contributed by atoms with E-state index in [-0.39, 0.29) is 0 Å². The third kappa shape index (κ3) is 2.38. The molecule has 0 aliphatic heterocycles. The number of nitrogens with zero attached hydrogens (tertiary/aromatic N) is 1. The normalized spacial score (nSPS) is 10.1. The average molecular weight is 213 g/mol. The van der Waals surface area contributed by atoms with E-state index in [2.05, 4.69) is 10.3 Å². The Morgan fingerprint density at radius 3 is 2.69 bits per heavy atom.